The van der Waals surface area contributed by atoms with E-state index in [-0.39, 0.29) is 11.8 Å². The Bertz CT molecular complexity index is 891. The number of H-pyrrole nitrogens is 1. The van der Waals surface area contributed by atoms with Gasteiger partial charge in [-0.05, 0) is 30.2 Å². The molecule has 0 radical (unpaired) electrons. The number of carboxylic acids is 1. The van der Waals surface area contributed by atoms with Crippen LogP contribution in [0.2, 0.25) is 0 Å². The highest BCUT2D eigenvalue weighted by Crippen LogP contribution is 2.25. The largest absolute Gasteiger partial charge is 0.489 e. The van der Waals surface area contributed by atoms with Crippen LogP contribution in [0.15, 0.2) is 48.5 Å². The number of ether oxygens (including phenoxy) is 1. The standard InChI is InChI=1S/C19H19N3O3/c23-19(24)18-16-10-14(6-7-17(16)20-21-18)25-15-8-9-22(12-15)11-13-4-2-1-3-5-13/h1-7,10,15H,8-9,11-12H2,(H,20,21)(H,23,24). The third kappa shape index (κ3) is 3.34. The van der Waals surface area contributed by atoms with E-state index in [1.54, 1.807) is 12.1 Å². The number of fused-ring (bicyclic) bond motifs is 1. The fourth-order valence-electron chi connectivity index (χ4n) is 3.30. The Labute approximate surface area is 145 Å². The number of benzene rings is 2. The maximum atomic E-state index is 11.2. The fraction of sp³-hybridized carbons (Fsp3) is 0.263. The minimum atomic E-state index is -1.04. The first-order valence-electron chi connectivity index (χ1n) is 8.33. The van der Waals surface area contributed by atoms with Gasteiger partial charge in [0.25, 0.3) is 0 Å². The second-order valence-corrected chi connectivity index (χ2v) is 6.33. The Morgan fingerprint density at radius 3 is 2.92 bits per heavy atom. The molecule has 1 fully saturated rings. The Hall–Kier alpha value is -2.86. The highest BCUT2D eigenvalue weighted by atomic mass is 16.5. The highest BCUT2D eigenvalue weighted by molar-refractivity contribution is 6.01. The molecule has 0 saturated carbocycles. The van der Waals surface area contributed by atoms with E-state index in [9.17, 15) is 9.90 Å². The van der Waals surface area contributed by atoms with Crippen LogP contribution in [0.25, 0.3) is 10.9 Å². The number of nitrogens with one attached hydrogen (secondary N) is 1. The monoisotopic (exact) mass is 337 g/mol. The van der Waals surface area contributed by atoms with Crippen LogP contribution in [0, 0.1) is 0 Å². The number of aromatic nitrogens is 2. The summed E-state index contributed by atoms with van der Waals surface area (Å²) >= 11 is 0. The summed E-state index contributed by atoms with van der Waals surface area (Å²) in [7, 11) is 0. The number of carboxylic acid groups (broad SMARTS) is 1. The molecule has 1 unspecified atom stereocenters. The van der Waals surface area contributed by atoms with Crippen molar-refractivity contribution in [3.63, 3.8) is 0 Å². The van der Waals surface area contributed by atoms with Gasteiger partial charge in [0.15, 0.2) is 5.69 Å². The lowest BCUT2D eigenvalue weighted by atomic mass is 10.2. The lowest BCUT2D eigenvalue weighted by Crippen LogP contribution is -2.24. The van der Waals surface area contributed by atoms with Crippen molar-refractivity contribution >= 4 is 16.9 Å². The van der Waals surface area contributed by atoms with Gasteiger partial charge in [0, 0.05) is 25.0 Å². The van der Waals surface area contributed by atoms with Crippen LogP contribution >= 0.6 is 0 Å². The van der Waals surface area contributed by atoms with Crippen molar-refractivity contribution in [2.75, 3.05) is 13.1 Å². The van der Waals surface area contributed by atoms with E-state index in [0.29, 0.717) is 16.7 Å². The zero-order chi connectivity index (χ0) is 17.2. The first-order chi connectivity index (χ1) is 12.2. The average molecular weight is 337 g/mol. The molecule has 1 atom stereocenters. The first kappa shape index (κ1) is 15.7. The third-order valence-electron chi connectivity index (χ3n) is 4.52. The lowest BCUT2D eigenvalue weighted by molar-refractivity contribution is 0.0692. The molecule has 0 spiro atoms. The molecule has 0 amide bonds. The quantitative estimate of drug-likeness (QED) is 0.748. The minimum Gasteiger partial charge on any atom is -0.489 e. The van der Waals surface area contributed by atoms with E-state index in [0.717, 1.165) is 26.1 Å². The van der Waals surface area contributed by atoms with E-state index in [1.165, 1.54) is 5.56 Å². The number of aromatic amines is 1. The molecule has 6 heteroatoms. The van der Waals surface area contributed by atoms with Gasteiger partial charge in [0.2, 0.25) is 0 Å². The van der Waals surface area contributed by atoms with Gasteiger partial charge in [-0.25, -0.2) is 4.79 Å². The smallest absolute Gasteiger partial charge is 0.357 e. The van der Waals surface area contributed by atoms with Gasteiger partial charge in [-0.15, -0.1) is 0 Å². The summed E-state index contributed by atoms with van der Waals surface area (Å²) in [4.78, 5) is 13.6. The minimum absolute atomic E-state index is 0.0255. The maximum absolute atomic E-state index is 11.2. The Morgan fingerprint density at radius 1 is 1.28 bits per heavy atom. The molecule has 2 aromatic carbocycles. The number of aromatic carboxylic acids is 1. The van der Waals surface area contributed by atoms with Gasteiger partial charge in [-0.1, -0.05) is 30.3 Å². The van der Waals surface area contributed by atoms with E-state index in [2.05, 4.69) is 39.4 Å². The number of likely N-dealkylation sites (tertiary alicyclic amines) is 1. The molecular formula is C19H19N3O3. The Balaban J connectivity index is 1.43. The molecule has 0 aliphatic carbocycles. The molecule has 1 aliphatic rings. The van der Waals surface area contributed by atoms with E-state index < -0.39 is 5.97 Å². The summed E-state index contributed by atoms with van der Waals surface area (Å²) in [6.45, 7) is 2.78. The van der Waals surface area contributed by atoms with E-state index in [1.807, 2.05) is 12.1 Å². The zero-order valence-electron chi connectivity index (χ0n) is 13.7. The zero-order valence-corrected chi connectivity index (χ0v) is 13.7. The highest BCUT2D eigenvalue weighted by Gasteiger charge is 2.24. The topological polar surface area (TPSA) is 78.4 Å². The average Bonchev–Trinajstić information content (AvgIpc) is 3.22. The summed E-state index contributed by atoms with van der Waals surface area (Å²) < 4.78 is 6.08. The van der Waals surface area contributed by atoms with Crippen molar-refractivity contribution in [1.82, 2.24) is 15.1 Å². The maximum Gasteiger partial charge on any atom is 0.357 e. The van der Waals surface area contributed by atoms with Crippen molar-refractivity contribution in [3.05, 3.63) is 59.8 Å². The normalized spacial score (nSPS) is 17.8. The molecule has 0 bridgehead atoms. The molecule has 1 aromatic heterocycles. The summed E-state index contributed by atoms with van der Waals surface area (Å²) in [6, 6.07) is 15.8. The van der Waals surface area contributed by atoms with Crippen LogP contribution in [0.3, 0.4) is 0 Å². The summed E-state index contributed by atoms with van der Waals surface area (Å²) in [5.41, 5.74) is 2.02. The van der Waals surface area contributed by atoms with Crippen LogP contribution in [-0.4, -0.2) is 45.4 Å². The van der Waals surface area contributed by atoms with Crippen LogP contribution in [0.1, 0.15) is 22.5 Å². The van der Waals surface area contributed by atoms with E-state index in [4.69, 9.17) is 4.74 Å². The van der Waals surface area contributed by atoms with Crippen molar-refractivity contribution in [2.45, 2.75) is 19.1 Å². The number of carbonyl (C=O) groups is 1. The third-order valence-corrected chi connectivity index (χ3v) is 4.52. The van der Waals surface area contributed by atoms with Crippen LogP contribution in [-0.2, 0) is 6.54 Å². The first-order valence-corrected chi connectivity index (χ1v) is 8.33. The molecule has 2 heterocycles. The Kier molecular flexibility index (Phi) is 4.11. The van der Waals surface area contributed by atoms with E-state index >= 15 is 0 Å². The van der Waals surface area contributed by atoms with Gasteiger partial charge in [-0.2, -0.15) is 5.10 Å². The van der Waals surface area contributed by atoms with Crippen molar-refractivity contribution in [1.29, 1.82) is 0 Å². The number of hydrogen-bond donors (Lipinski definition) is 2. The predicted molar refractivity (Wildman–Crippen MR) is 93.8 cm³/mol. The molecule has 25 heavy (non-hydrogen) atoms. The number of hydrogen-bond acceptors (Lipinski definition) is 4. The summed E-state index contributed by atoms with van der Waals surface area (Å²) in [5.74, 6) is -0.360. The van der Waals surface area contributed by atoms with Crippen LogP contribution < -0.4 is 4.74 Å². The van der Waals surface area contributed by atoms with Gasteiger partial charge < -0.3 is 9.84 Å². The predicted octanol–water partition coefficient (Wildman–Crippen LogP) is 2.91. The molecule has 2 N–H and O–H groups in total. The SMILES string of the molecule is O=C(O)c1n[nH]c2ccc(OC3CCN(Cc4ccccc4)C3)cc12. The summed E-state index contributed by atoms with van der Waals surface area (Å²) in [6.07, 6.45) is 1.07. The van der Waals surface area contributed by atoms with Crippen molar-refractivity contribution in [3.8, 4) is 5.75 Å². The molecule has 1 aliphatic heterocycles. The van der Waals surface area contributed by atoms with Gasteiger partial charge in [-0.3, -0.25) is 10.00 Å². The molecule has 4 rings (SSSR count). The molecular weight excluding hydrogens is 318 g/mol. The Morgan fingerprint density at radius 2 is 2.12 bits per heavy atom. The lowest BCUT2D eigenvalue weighted by Gasteiger charge is -2.17. The van der Waals surface area contributed by atoms with Crippen molar-refractivity contribution < 1.29 is 14.6 Å². The molecule has 6 nitrogen and oxygen atoms in total. The van der Waals surface area contributed by atoms with Gasteiger partial charge in [0.1, 0.15) is 11.9 Å². The van der Waals surface area contributed by atoms with Crippen LogP contribution in [0.4, 0.5) is 0 Å². The summed E-state index contributed by atoms with van der Waals surface area (Å²) in [5, 5.41) is 16.3. The van der Waals surface area contributed by atoms with Crippen molar-refractivity contribution in [2.24, 2.45) is 0 Å². The van der Waals surface area contributed by atoms with Gasteiger partial charge in [0.05, 0.1) is 5.52 Å². The second-order valence-electron chi connectivity index (χ2n) is 6.33. The van der Waals surface area contributed by atoms with Crippen LogP contribution in [0.5, 0.6) is 5.75 Å². The molecule has 128 valence electrons. The molecule has 1 saturated heterocycles. The number of rotatable bonds is 5. The fourth-order valence-corrected chi connectivity index (χ4v) is 3.30. The molecule has 3 aromatic rings. The number of nitrogens with zero attached hydrogens (tertiary/aromatic N) is 2. The second kappa shape index (κ2) is 6.57. The van der Waals surface area contributed by atoms with Gasteiger partial charge >= 0.3 is 5.97 Å².